The van der Waals surface area contributed by atoms with E-state index in [-0.39, 0.29) is 53.5 Å². The van der Waals surface area contributed by atoms with E-state index in [1.54, 1.807) is 33.4 Å². The topological polar surface area (TPSA) is 111 Å². The molecule has 0 saturated carbocycles. The highest BCUT2D eigenvalue weighted by Crippen LogP contribution is 2.51. The Morgan fingerprint density at radius 2 is 1.31 bits per heavy atom. The summed E-state index contributed by atoms with van der Waals surface area (Å²) >= 11 is 0. The normalized spacial score (nSPS) is 20.6. The molecule has 278 valence electrons. The number of hydrogen-bond acceptors (Lipinski definition) is 6. The van der Waals surface area contributed by atoms with Gasteiger partial charge in [-0.05, 0) is 59.1 Å². The highest BCUT2D eigenvalue weighted by molar-refractivity contribution is 7.89. The van der Waals surface area contributed by atoms with E-state index in [1.807, 2.05) is 67.6 Å². The standard InChI is InChI=1S/C41H53N3O6SSi/c1-27(2)52(28(3)4,29(5)6)50-26-36-37-33(25-45)22-35-39(38(37)40(46)44(36)51(48,49)34-20-18-30(7)19-21-34)43(24-32-16-12-9-13-17-32)41(47)42(35)23-31-14-10-8-11-15-31/h8-21,27-29,33,36-38,45H,22-26H2,1-7H3/t33-,36-,37?,38?/m1/s1. The number of sulfonamides is 1. The van der Waals surface area contributed by atoms with Crippen LogP contribution in [0.15, 0.2) is 94.6 Å². The summed E-state index contributed by atoms with van der Waals surface area (Å²) in [7, 11) is -6.87. The molecule has 52 heavy (non-hydrogen) atoms. The monoisotopic (exact) mass is 743 g/mol. The van der Waals surface area contributed by atoms with Gasteiger partial charge in [0.2, 0.25) is 5.91 Å². The first-order valence-corrected chi connectivity index (χ1v) is 22.1. The van der Waals surface area contributed by atoms with Crippen molar-refractivity contribution in [2.24, 2.45) is 11.8 Å². The molecule has 1 N–H and O–H groups in total. The summed E-state index contributed by atoms with van der Waals surface area (Å²) in [6.45, 7) is 15.2. The first-order chi connectivity index (χ1) is 24.7. The molecule has 4 atom stereocenters. The second-order valence-electron chi connectivity index (χ2n) is 15.6. The van der Waals surface area contributed by atoms with Crippen LogP contribution in [0.3, 0.4) is 0 Å². The van der Waals surface area contributed by atoms with Gasteiger partial charge in [0, 0.05) is 18.2 Å². The molecule has 1 amide bonds. The number of fused-ring (bicyclic) bond motifs is 3. The van der Waals surface area contributed by atoms with E-state index in [2.05, 4.69) is 41.5 Å². The van der Waals surface area contributed by atoms with Crippen molar-refractivity contribution in [3.8, 4) is 0 Å². The molecule has 6 rings (SSSR count). The summed E-state index contributed by atoms with van der Waals surface area (Å²) in [6, 6.07) is 25.0. The Kier molecular flexibility index (Phi) is 10.9. The highest BCUT2D eigenvalue weighted by atomic mass is 32.2. The number of aromatic nitrogens is 2. The van der Waals surface area contributed by atoms with Crippen LogP contribution >= 0.6 is 0 Å². The maximum Gasteiger partial charge on any atom is 0.329 e. The number of aryl methyl sites for hydroxylation is 1. The quantitative estimate of drug-likeness (QED) is 0.153. The molecule has 1 aromatic heterocycles. The van der Waals surface area contributed by atoms with E-state index in [0.717, 1.165) is 21.0 Å². The fraction of sp³-hybridized carbons (Fsp3) is 0.463. The van der Waals surface area contributed by atoms with Gasteiger partial charge < -0.3 is 9.53 Å². The SMILES string of the molecule is Cc1ccc(S(=O)(=O)N2C(=O)C3c4c(n(Cc5ccccc5)c(=O)n4Cc4ccccc4)C[C@H](CO)C3[C@H]2CO[Si](C(C)C)(C(C)C)C(C)C)cc1. The molecule has 0 bridgehead atoms. The largest absolute Gasteiger partial charge is 0.414 e. The van der Waals surface area contributed by atoms with E-state index >= 15 is 4.79 Å². The van der Waals surface area contributed by atoms with Gasteiger partial charge >= 0.3 is 5.69 Å². The second kappa shape index (κ2) is 14.9. The third kappa shape index (κ3) is 6.54. The molecule has 9 nitrogen and oxygen atoms in total. The number of amides is 1. The van der Waals surface area contributed by atoms with Crippen LogP contribution < -0.4 is 5.69 Å². The van der Waals surface area contributed by atoms with Crippen molar-refractivity contribution >= 4 is 24.2 Å². The van der Waals surface area contributed by atoms with Crippen LogP contribution in [0.2, 0.25) is 16.6 Å². The maximum absolute atomic E-state index is 15.2. The predicted octanol–water partition coefficient (Wildman–Crippen LogP) is 6.71. The third-order valence-corrected chi connectivity index (χ3v) is 19.6. The molecule has 11 heteroatoms. The van der Waals surface area contributed by atoms with E-state index in [0.29, 0.717) is 17.8 Å². The molecular weight excluding hydrogens is 691 g/mol. The van der Waals surface area contributed by atoms with Gasteiger partial charge in [0.15, 0.2) is 8.32 Å². The summed E-state index contributed by atoms with van der Waals surface area (Å²) in [4.78, 5) is 29.7. The fourth-order valence-electron chi connectivity index (χ4n) is 9.40. The summed E-state index contributed by atoms with van der Waals surface area (Å²) in [5, 5.41) is 11.1. The molecule has 2 heterocycles. The van der Waals surface area contributed by atoms with Crippen molar-refractivity contribution in [2.45, 2.75) is 101 Å². The zero-order chi connectivity index (χ0) is 37.5. The smallest absolute Gasteiger partial charge is 0.329 e. The number of nitrogens with zero attached hydrogens (tertiary/aromatic N) is 3. The van der Waals surface area contributed by atoms with Crippen molar-refractivity contribution in [1.82, 2.24) is 13.4 Å². The minimum atomic E-state index is -4.35. The first kappa shape index (κ1) is 38.0. The van der Waals surface area contributed by atoms with Crippen LogP contribution in [0.4, 0.5) is 0 Å². The minimum Gasteiger partial charge on any atom is -0.414 e. The lowest BCUT2D eigenvalue weighted by molar-refractivity contribution is -0.126. The number of rotatable bonds is 13. The van der Waals surface area contributed by atoms with E-state index < -0.39 is 48.0 Å². The highest BCUT2D eigenvalue weighted by Gasteiger charge is 2.60. The Labute approximate surface area is 309 Å². The first-order valence-electron chi connectivity index (χ1n) is 18.5. The number of benzene rings is 3. The molecule has 1 fully saturated rings. The van der Waals surface area contributed by atoms with E-state index in [1.165, 1.54) is 0 Å². The van der Waals surface area contributed by atoms with Crippen molar-refractivity contribution in [3.63, 3.8) is 0 Å². The molecule has 4 aromatic rings. The van der Waals surface area contributed by atoms with Crippen LogP contribution in [0, 0.1) is 18.8 Å². The molecule has 1 saturated heterocycles. The molecule has 2 aliphatic rings. The summed E-state index contributed by atoms with van der Waals surface area (Å²) < 4.78 is 41.1. The van der Waals surface area contributed by atoms with Crippen molar-refractivity contribution in [2.75, 3.05) is 13.2 Å². The van der Waals surface area contributed by atoms with Crippen molar-refractivity contribution < 1.29 is 22.7 Å². The van der Waals surface area contributed by atoms with Crippen molar-refractivity contribution in [3.05, 3.63) is 123 Å². The summed E-state index contributed by atoms with van der Waals surface area (Å²) in [5.41, 5.74) is 4.36. The number of aliphatic hydroxyl groups excluding tert-OH is 1. The van der Waals surface area contributed by atoms with Gasteiger partial charge in [-0.2, -0.15) is 0 Å². The lowest BCUT2D eigenvalue weighted by Crippen LogP contribution is -2.52. The molecule has 1 aliphatic heterocycles. The fourth-order valence-corrected chi connectivity index (χ4v) is 16.5. The molecule has 0 radical (unpaired) electrons. The lowest BCUT2D eigenvalue weighted by Gasteiger charge is -2.44. The van der Waals surface area contributed by atoms with Gasteiger partial charge in [0.05, 0.1) is 42.2 Å². The van der Waals surface area contributed by atoms with Gasteiger partial charge in [-0.1, -0.05) is 120 Å². The van der Waals surface area contributed by atoms with Gasteiger partial charge in [-0.25, -0.2) is 17.5 Å². The average molecular weight is 744 g/mol. The number of aliphatic hydroxyl groups is 1. The molecule has 1 aliphatic carbocycles. The second-order valence-corrected chi connectivity index (χ2v) is 22.9. The number of imidazole rings is 1. The van der Waals surface area contributed by atoms with Crippen LogP contribution in [0.5, 0.6) is 0 Å². The van der Waals surface area contributed by atoms with Crippen LogP contribution in [0.1, 0.15) is 75.5 Å². The Bertz CT molecular complexity index is 2020. The van der Waals surface area contributed by atoms with E-state index in [9.17, 15) is 18.3 Å². The summed E-state index contributed by atoms with van der Waals surface area (Å²) in [6.07, 6.45) is 0.320. The zero-order valence-corrected chi connectivity index (χ0v) is 33.2. The maximum atomic E-state index is 15.2. The number of carbonyl (C=O) groups is 1. The van der Waals surface area contributed by atoms with Crippen LogP contribution in [-0.2, 0) is 38.8 Å². The van der Waals surface area contributed by atoms with Crippen molar-refractivity contribution in [1.29, 1.82) is 0 Å². The van der Waals surface area contributed by atoms with Gasteiger partial charge in [-0.15, -0.1) is 0 Å². The number of carbonyl (C=O) groups excluding carboxylic acids is 1. The zero-order valence-electron chi connectivity index (χ0n) is 31.4. The van der Waals surface area contributed by atoms with Gasteiger partial charge in [0.1, 0.15) is 0 Å². The Balaban J connectivity index is 1.56. The van der Waals surface area contributed by atoms with Crippen LogP contribution in [-0.4, -0.2) is 60.4 Å². The van der Waals surface area contributed by atoms with Gasteiger partial charge in [0.25, 0.3) is 10.0 Å². The predicted molar refractivity (Wildman–Crippen MR) is 206 cm³/mol. The summed E-state index contributed by atoms with van der Waals surface area (Å²) in [5.74, 6) is -2.66. The van der Waals surface area contributed by atoms with Gasteiger partial charge in [-0.3, -0.25) is 13.9 Å². The molecular formula is C41H53N3O6SSi. The van der Waals surface area contributed by atoms with E-state index in [4.69, 9.17) is 4.43 Å². The molecule has 3 aromatic carbocycles. The average Bonchev–Trinajstić information content (AvgIpc) is 3.55. The Hall–Kier alpha value is -3.77. The third-order valence-electron chi connectivity index (χ3n) is 11.7. The Morgan fingerprint density at radius 3 is 1.81 bits per heavy atom. The Morgan fingerprint density at radius 1 is 0.788 bits per heavy atom. The van der Waals surface area contributed by atoms with Crippen LogP contribution in [0.25, 0.3) is 0 Å². The minimum absolute atomic E-state index is 0.0260. The number of hydrogen-bond donors (Lipinski definition) is 1. The molecule has 2 unspecified atom stereocenters. The lowest BCUT2D eigenvalue weighted by atomic mass is 9.71. The molecule has 0 spiro atoms.